The van der Waals surface area contributed by atoms with Crippen LogP contribution in [-0.4, -0.2) is 41.3 Å². The zero-order chi connectivity index (χ0) is 20.8. The van der Waals surface area contributed by atoms with E-state index in [2.05, 4.69) is 31.1 Å². The third kappa shape index (κ3) is 4.32. The molecule has 30 heavy (non-hydrogen) atoms. The summed E-state index contributed by atoms with van der Waals surface area (Å²) in [5.74, 6) is 2.08. The van der Waals surface area contributed by atoms with E-state index in [-0.39, 0.29) is 5.91 Å². The van der Waals surface area contributed by atoms with Gasteiger partial charge in [0, 0.05) is 24.8 Å². The van der Waals surface area contributed by atoms with Crippen molar-refractivity contribution in [2.24, 2.45) is 0 Å². The molecule has 1 aliphatic rings. The van der Waals surface area contributed by atoms with E-state index in [4.69, 9.17) is 4.74 Å². The maximum atomic E-state index is 12.8. The van der Waals surface area contributed by atoms with E-state index < -0.39 is 5.41 Å². The van der Waals surface area contributed by atoms with Crippen molar-refractivity contribution in [3.05, 3.63) is 66.5 Å². The van der Waals surface area contributed by atoms with Gasteiger partial charge in [0.05, 0.1) is 24.4 Å². The first kappa shape index (κ1) is 19.6. The number of para-hydroxylation sites is 1. The second-order valence-electron chi connectivity index (χ2n) is 7.14. The van der Waals surface area contributed by atoms with Gasteiger partial charge in [0.1, 0.15) is 11.6 Å². The van der Waals surface area contributed by atoms with Crippen LogP contribution in [0.2, 0.25) is 0 Å². The standard InChI is InChI=1S/C22H24N6O2/c1-30-18-7-3-2-6-17(18)22(10-11-22)21(29)25-14-13-24-19-8-9-20(28-27-19)26-16-5-4-12-23-15-16/h2-9,12,15H,10-11,13-14H2,1H3,(H,24,27)(H,25,29)(H,26,28). The van der Waals surface area contributed by atoms with Crippen LogP contribution >= 0.6 is 0 Å². The largest absolute Gasteiger partial charge is 0.496 e. The predicted molar refractivity (Wildman–Crippen MR) is 115 cm³/mol. The lowest BCUT2D eigenvalue weighted by atomic mass is 9.94. The van der Waals surface area contributed by atoms with Gasteiger partial charge in [0.25, 0.3) is 0 Å². The fourth-order valence-electron chi connectivity index (χ4n) is 3.40. The molecule has 0 unspecified atom stereocenters. The van der Waals surface area contributed by atoms with E-state index in [1.165, 1.54) is 0 Å². The number of nitrogens with zero attached hydrogens (tertiary/aromatic N) is 3. The lowest BCUT2D eigenvalue weighted by Crippen LogP contribution is -2.37. The molecule has 8 heteroatoms. The molecule has 1 amide bonds. The van der Waals surface area contributed by atoms with Crippen LogP contribution in [0.1, 0.15) is 18.4 Å². The van der Waals surface area contributed by atoms with E-state index in [0.717, 1.165) is 29.8 Å². The van der Waals surface area contributed by atoms with Gasteiger partial charge in [-0.25, -0.2) is 0 Å². The minimum absolute atomic E-state index is 0.0379. The van der Waals surface area contributed by atoms with Crippen LogP contribution in [0.3, 0.4) is 0 Å². The topological polar surface area (TPSA) is 101 Å². The first-order valence-corrected chi connectivity index (χ1v) is 9.88. The molecule has 1 saturated carbocycles. The number of hydrogen-bond acceptors (Lipinski definition) is 7. The minimum atomic E-state index is -0.466. The summed E-state index contributed by atoms with van der Waals surface area (Å²) in [6.45, 7) is 1.05. The maximum Gasteiger partial charge on any atom is 0.230 e. The first-order chi connectivity index (χ1) is 14.7. The van der Waals surface area contributed by atoms with Gasteiger partial charge in [-0.3, -0.25) is 9.78 Å². The number of rotatable bonds is 9. The summed E-state index contributed by atoms with van der Waals surface area (Å²) in [4.78, 5) is 16.8. The zero-order valence-corrected chi connectivity index (χ0v) is 16.8. The molecule has 154 valence electrons. The monoisotopic (exact) mass is 404 g/mol. The van der Waals surface area contributed by atoms with Crippen molar-refractivity contribution >= 4 is 23.2 Å². The molecular formula is C22H24N6O2. The Morgan fingerprint density at radius 2 is 1.83 bits per heavy atom. The molecule has 0 radical (unpaired) electrons. The Hall–Kier alpha value is -3.68. The summed E-state index contributed by atoms with van der Waals surface area (Å²) in [7, 11) is 1.63. The molecular weight excluding hydrogens is 380 g/mol. The number of carbonyl (C=O) groups is 1. The maximum absolute atomic E-state index is 12.8. The quantitative estimate of drug-likeness (QED) is 0.472. The summed E-state index contributed by atoms with van der Waals surface area (Å²) in [6, 6.07) is 15.2. The summed E-state index contributed by atoms with van der Waals surface area (Å²) in [6.07, 6.45) is 5.10. The number of carbonyl (C=O) groups excluding carboxylic acids is 1. The van der Waals surface area contributed by atoms with Crippen LogP contribution in [-0.2, 0) is 10.2 Å². The summed E-state index contributed by atoms with van der Waals surface area (Å²) < 4.78 is 5.44. The highest BCUT2D eigenvalue weighted by molar-refractivity contribution is 5.92. The molecule has 0 aliphatic heterocycles. The van der Waals surface area contributed by atoms with Crippen molar-refractivity contribution in [1.82, 2.24) is 20.5 Å². The van der Waals surface area contributed by atoms with Crippen molar-refractivity contribution in [3.8, 4) is 5.75 Å². The van der Waals surface area contributed by atoms with E-state index in [0.29, 0.717) is 24.7 Å². The summed E-state index contributed by atoms with van der Waals surface area (Å²) in [5, 5.41) is 17.6. The highest BCUT2D eigenvalue weighted by atomic mass is 16.5. The van der Waals surface area contributed by atoms with Gasteiger partial charge in [-0.1, -0.05) is 18.2 Å². The number of benzene rings is 1. The third-order valence-electron chi connectivity index (χ3n) is 5.12. The van der Waals surface area contributed by atoms with Gasteiger partial charge < -0.3 is 20.7 Å². The number of ether oxygens (including phenoxy) is 1. The lowest BCUT2D eigenvalue weighted by molar-refractivity contribution is -0.123. The number of amides is 1. The lowest BCUT2D eigenvalue weighted by Gasteiger charge is -2.18. The fourth-order valence-corrected chi connectivity index (χ4v) is 3.40. The molecule has 3 aromatic rings. The molecule has 1 aliphatic carbocycles. The number of nitrogens with one attached hydrogen (secondary N) is 3. The Morgan fingerprint density at radius 1 is 1.03 bits per heavy atom. The number of pyridine rings is 1. The number of hydrogen-bond donors (Lipinski definition) is 3. The molecule has 0 atom stereocenters. The number of aromatic nitrogens is 3. The molecule has 2 aromatic heterocycles. The molecule has 2 heterocycles. The van der Waals surface area contributed by atoms with Gasteiger partial charge in [0.2, 0.25) is 5.91 Å². The smallest absolute Gasteiger partial charge is 0.230 e. The second-order valence-corrected chi connectivity index (χ2v) is 7.14. The molecule has 4 rings (SSSR count). The van der Waals surface area contributed by atoms with Crippen LogP contribution in [0, 0.1) is 0 Å². The van der Waals surface area contributed by atoms with Crippen molar-refractivity contribution < 1.29 is 9.53 Å². The van der Waals surface area contributed by atoms with E-state index in [1.54, 1.807) is 19.5 Å². The van der Waals surface area contributed by atoms with Crippen molar-refractivity contribution in [2.75, 3.05) is 30.8 Å². The Labute approximate surface area is 175 Å². The Morgan fingerprint density at radius 3 is 2.53 bits per heavy atom. The van der Waals surface area contributed by atoms with Gasteiger partial charge in [-0.15, -0.1) is 10.2 Å². The molecule has 1 aromatic carbocycles. The van der Waals surface area contributed by atoms with Crippen LogP contribution in [0.15, 0.2) is 60.9 Å². The highest BCUT2D eigenvalue weighted by Crippen LogP contribution is 2.51. The molecule has 0 saturated heterocycles. The highest BCUT2D eigenvalue weighted by Gasteiger charge is 2.52. The van der Waals surface area contributed by atoms with Gasteiger partial charge in [0.15, 0.2) is 5.82 Å². The number of methoxy groups -OCH3 is 1. The molecule has 1 fully saturated rings. The Bertz CT molecular complexity index is 990. The van der Waals surface area contributed by atoms with Crippen LogP contribution in [0.25, 0.3) is 0 Å². The van der Waals surface area contributed by atoms with E-state index in [9.17, 15) is 4.79 Å². The van der Waals surface area contributed by atoms with Crippen molar-refractivity contribution in [1.29, 1.82) is 0 Å². The van der Waals surface area contributed by atoms with Gasteiger partial charge in [-0.2, -0.15) is 0 Å². The zero-order valence-electron chi connectivity index (χ0n) is 16.8. The van der Waals surface area contributed by atoms with Crippen LogP contribution < -0.4 is 20.7 Å². The average molecular weight is 404 g/mol. The minimum Gasteiger partial charge on any atom is -0.496 e. The first-order valence-electron chi connectivity index (χ1n) is 9.88. The van der Waals surface area contributed by atoms with Gasteiger partial charge >= 0.3 is 0 Å². The molecule has 8 nitrogen and oxygen atoms in total. The Kier molecular flexibility index (Phi) is 5.74. The van der Waals surface area contributed by atoms with E-state index >= 15 is 0 Å². The SMILES string of the molecule is COc1ccccc1C1(C(=O)NCCNc2ccc(Nc3cccnc3)nn2)CC1. The number of anilines is 3. The fraction of sp³-hybridized carbons (Fsp3) is 0.273. The van der Waals surface area contributed by atoms with E-state index in [1.807, 2.05) is 48.5 Å². The second kappa shape index (κ2) is 8.77. The van der Waals surface area contributed by atoms with Crippen molar-refractivity contribution in [2.45, 2.75) is 18.3 Å². The molecule has 0 bridgehead atoms. The Balaban J connectivity index is 1.25. The average Bonchev–Trinajstić information content (AvgIpc) is 3.60. The van der Waals surface area contributed by atoms with Crippen molar-refractivity contribution in [3.63, 3.8) is 0 Å². The van der Waals surface area contributed by atoms with Crippen LogP contribution in [0.4, 0.5) is 17.3 Å². The third-order valence-corrected chi connectivity index (χ3v) is 5.12. The summed E-state index contributed by atoms with van der Waals surface area (Å²) in [5.41, 5.74) is 1.34. The molecule has 3 N–H and O–H groups in total. The molecule has 0 spiro atoms. The normalized spacial score (nSPS) is 13.9. The predicted octanol–water partition coefficient (Wildman–Crippen LogP) is 2.88. The van der Waals surface area contributed by atoms with Crippen LogP contribution in [0.5, 0.6) is 5.75 Å². The van der Waals surface area contributed by atoms with Gasteiger partial charge in [-0.05, 0) is 43.2 Å². The summed E-state index contributed by atoms with van der Waals surface area (Å²) >= 11 is 0.